The molecule has 1 saturated carbocycles. The molecular formula is C21H34N2O2. The second kappa shape index (κ2) is 9.67. The number of aliphatic hydroxyl groups is 1. The lowest BCUT2D eigenvalue weighted by Gasteiger charge is -2.36. The highest BCUT2D eigenvalue weighted by Gasteiger charge is 2.23. The molecule has 0 spiro atoms. The molecule has 1 saturated heterocycles. The summed E-state index contributed by atoms with van der Waals surface area (Å²) in [6, 6.07) is 9.98. The van der Waals surface area contributed by atoms with E-state index in [4.69, 9.17) is 4.74 Å². The summed E-state index contributed by atoms with van der Waals surface area (Å²) in [6.45, 7) is 9.18. The molecule has 2 aliphatic rings. The molecule has 3 rings (SSSR count). The van der Waals surface area contributed by atoms with Crippen molar-refractivity contribution in [1.29, 1.82) is 0 Å². The van der Waals surface area contributed by atoms with Crippen LogP contribution in [-0.4, -0.2) is 66.9 Å². The minimum Gasteiger partial charge on any atom is -0.387 e. The van der Waals surface area contributed by atoms with Crippen LogP contribution in [0.3, 0.4) is 0 Å². The quantitative estimate of drug-likeness (QED) is 0.823. The highest BCUT2D eigenvalue weighted by molar-refractivity contribution is 5.17. The van der Waals surface area contributed by atoms with Gasteiger partial charge in [0.05, 0.1) is 18.8 Å². The average Bonchev–Trinajstić information content (AvgIpc) is 2.65. The average molecular weight is 347 g/mol. The molecule has 0 radical (unpaired) electrons. The lowest BCUT2D eigenvalue weighted by Crippen LogP contribution is -2.48. The van der Waals surface area contributed by atoms with Gasteiger partial charge in [-0.2, -0.15) is 0 Å². The van der Waals surface area contributed by atoms with Gasteiger partial charge in [-0.3, -0.25) is 9.80 Å². The van der Waals surface area contributed by atoms with Crippen LogP contribution in [0.25, 0.3) is 0 Å². The van der Waals surface area contributed by atoms with Gasteiger partial charge in [0.15, 0.2) is 0 Å². The Balaban J connectivity index is 1.32. The van der Waals surface area contributed by atoms with E-state index in [1.165, 1.54) is 25.7 Å². The molecule has 1 heterocycles. The molecule has 4 heteroatoms. The maximum absolute atomic E-state index is 10.4. The fourth-order valence-corrected chi connectivity index (χ4v) is 4.08. The van der Waals surface area contributed by atoms with Crippen LogP contribution >= 0.6 is 0 Å². The number of hydrogen-bond donors (Lipinski definition) is 1. The zero-order chi connectivity index (χ0) is 17.5. The van der Waals surface area contributed by atoms with Gasteiger partial charge in [0.25, 0.3) is 0 Å². The highest BCUT2D eigenvalue weighted by Crippen LogP contribution is 2.26. The summed E-state index contributed by atoms with van der Waals surface area (Å²) < 4.78 is 6.15. The van der Waals surface area contributed by atoms with Crippen LogP contribution in [0, 0.1) is 5.92 Å². The van der Waals surface area contributed by atoms with Gasteiger partial charge in [-0.05, 0) is 24.3 Å². The van der Waals surface area contributed by atoms with Crippen LogP contribution in [0.4, 0.5) is 0 Å². The Morgan fingerprint density at radius 1 is 1.04 bits per heavy atom. The van der Waals surface area contributed by atoms with Crippen molar-refractivity contribution in [3.05, 3.63) is 35.9 Å². The Morgan fingerprint density at radius 3 is 2.44 bits per heavy atom. The van der Waals surface area contributed by atoms with Crippen molar-refractivity contribution in [2.45, 2.75) is 44.8 Å². The second-order valence-electron chi connectivity index (χ2n) is 7.74. The molecule has 3 atom stereocenters. The molecule has 2 fully saturated rings. The summed E-state index contributed by atoms with van der Waals surface area (Å²) in [5.41, 5.74) is 1.01. The van der Waals surface area contributed by atoms with E-state index in [9.17, 15) is 5.11 Å². The molecule has 1 aliphatic heterocycles. The minimum absolute atomic E-state index is 0.385. The van der Waals surface area contributed by atoms with Crippen molar-refractivity contribution in [2.75, 3.05) is 45.9 Å². The summed E-state index contributed by atoms with van der Waals surface area (Å²) in [4.78, 5) is 4.87. The lowest BCUT2D eigenvalue weighted by atomic mass is 9.88. The predicted molar refractivity (Wildman–Crippen MR) is 102 cm³/mol. The van der Waals surface area contributed by atoms with Crippen molar-refractivity contribution in [1.82, 2.24) is 9.80 Å². The summed E-state index contributed by atoms with van der Waals surface area (Å²) >= 11 is 0. The standard InChI is InChI=1S/C21H34N2O2/c1-18-7-5-6-10-21(18)25-16-15-22-11-13-23(14-12-22)17-20(24)19-8-3-2-4-9-19/h2-4,8-9,18,20-21,24H,5-7,10-17H2,1H3. The van der Waals surface area contributed by atoms with Crippen molar-refractivity contribution >= 4 is 0 Å². The third-order valence-corrected chi connectivity index (χ3v) is 5.85. The molecule has 1 aromatic carbocycles. The molecule has 1 aromatic rings. The third-order valence-electron chi connectivity index (χ3n) is 5.85. The summed E-state index contributed by atoms with van der Waals surface area (Å²) in [7, 11) is 0. The topological polar surface area (TPSA) is 35.9 Å². The summed E-state index contributed by atoms with van der Waals surface area (Å²) in [6.07, 6.45) is 5.37. The van der Waals surface area contributed by atoms with Crippen LogP contribution in [0.2, 0.25) is 0 Å². The molecule has 3 unspecified atom stereocenters. The first-order valence-corrected chi connectivity index (χ1v) is 10.0. The van der Waals surface area contributed by atoms with Crippen molar-refractivity contribution in [3.63, 3.8) is 0 Å². The van der Waals surface area contributed by atoms with E-state index in [0.29, 0.717) is 6.10 Å². The number of rotatable bonds is 7. The molecule has 140 valence electrons. The normalized spacial score (nSPS) is 27.3. The largest absolute Gasteiger partial charge is 0.387 e. The second-order valence-corrected chi connectivity index (χ2v) is 7.74. The number of piperazine rings is 1. The summed E-state index contributed by atoms with van der Waals surface area (Å²) in [5.74, 6) is 0.727. The van der Waals surface area contributed by atoms with E-state index < -0.39 is 0 Å². The van der Waals surface area contributed by atoms with Gasteiger partial charge in [0.2, 0.25) is 0 Å². The first kappa shape index (κ1) is 18.8. The minimum atomic E-state index is -0.385. The molecule has 0 bridgehead atoms. The van der Waals surface area contributed by atoms with Crippen LogP contribution in [0.5, 0.6) is 0 Å². The van der Waals surface area contributed by atoms with E-state index in [1.54, 1.807) is 0 Å². The van der Waals surface area contributed by atoms with E-state index in [2.05, 4.69) is 16.7 Å². The Labute approximate surface area is 152 Å². The monoisotopic (exact) mass is 346 g/mol. The number of benzene rings is 1. The highest BCUT2D eigenvalue weighted by atomic mass is 16.5. The van der Waals surface area contributed by atoms with Crippen molar-refractivity contribution in [3.8, 4) is 0 Å². The first-order valence-electron chi connectivity index (χ1n) is 10.0. The molecule has 25 heavy (non-hydrogen) atoms. The van der Waals surface area contributed by atoms with Crippen LogP contribution in [-0.2, 0) is 4.74 Å². The van der Waals surface area contributed by atoms with Crippen molar-refractivity contribution in [2.24, 2.45) is 5.92 Å². The zero-order valence-electron chi connectivity index (χ0n) is 15.6. The Morgan fingerprint density at radius 2 is 1.72 bits per heavy atom. The van der Waals surface area contributed by atoms with Gasteiger partial charge >= 0.3 is 0 Å². The number of ether oxygens (including phenoxy) is 1. The molecule has 1 aliphatic carbocycles. The number of β-amino-alcohol motifs (C(OH)–C–C–N with tert-alkyl or cyclic N) is 1. The molecular weight excluding hydrogens is 312 g/mol. The van der Waals surface area contributed by atoms with Gasteiger partial charge < -0.3 is 9.84 Å². The van der Waals surface area contributed by atoms with E-state index in [0.717, 1.165) is 57.4 Å². The van der Waals surface area contributed by atoms with Gasteiger partial charge in [0.1, 0.15) is 0 Å². The van der Waals surface area contributed by atoms with Gasteiger partial charge in [0, 0.05) is 39.3 Å². The third kappa shape index (κ3) is 5.78. The Kier molecular flexibility index (Phi) is 7.29. The maximum Gasteiger partial charge on any atom is 0.0916 e. The smallest absolute Gasteiger partial charge is 0.0916 e. The first-order chi connectivity index (χ1) is 12.2. The Hall–Kier alpha value is -0.940. The van der Waals surface area contributed by atoms with Crippen LogP contribution in [0.15, 0.2) is 30.3 Å². The summed E-state index contributed by atoms with van der Waals surface area (Å²) in [5, 5.41) is 10.4. The molecule has 4 nitrogen and oxygen atoms in total. The lowest BCUT2D eigenvalue weighted by molar-refractivity contribution is -0.0194. The van der Waals surface area contributed by atoms with Crippen molar-refractivity contribution < 1.29 is 9.84 Å². The zero-order valence-corrected chi connectivity index (χ0v) is 15.6. The SMILES string of the molecule is CC1CCCCC1OCCN1CCN(CC(O)c2ccccc2)CC1. The van der Waals surface area contributed by atoms with Gasteiger partial charge in [-0.25, -0.2) is 0 Å². The molecule has 0 aromatic heterocycles. The molecule has 0 amide bonds. The van der Waals surface area contributed by atoms with Gasteiger partial charge in [-0.15, -0.1) is 0 Å². The van der Waals surface area contributed by atoms with E-state index >= 15 is 0 Å². The predicted octanol–water partition coefficient (Wildman–Crippen LogP) is 2.93. The Bertz CT molecular complexity index is 488. The van der Waals surface area contributed by atoms with Crippen LogP contribution < -0.4 is 0 Å². The fourth-order valence-electron chi connectivity index (χ4n) is 4.08. The molecule has 1 N–H and O–H groups in total. The number of hydrogen-bond acceptors (Lipinski definition) is 4. The van der Waals surface area contributed by atoms with Crippen LogP contribution in [0.1, 0.15) is 44.3 Å². The van der Waals surface area contributed by atoms with Gasteiger partial charge in [-0.1, -0.05) is 50.1 Å². The van der Waals surface area contributed by atoms with E-state index in [-0.39, 0.29) is 6.10 Å². The number of nitrogens with zero attached hydrogens (tertiary/aromatic N) is 2. The fraction of sp³-hybridized carbons (Fsp3) is 0.714. The van der Waals surface area contributed by atoms with E-state index in [1.807, 2.05) is 30.3 Å². The maximum atomic E-state index is 10.4. The number of aliphatic hydroxyl groups excluding tert-OH is 1.